The molecule has 7 heteroatoms. The third-order valence-corrected chi connectivity index (χ3v) is 4.86. The van der Waals surface area contributed by atoms with Crippen LogP contribution < -0.4 is 5.32 Å². The minimum Gasteiger partial charge on any atom is -0.305 e. The summed E-state index contributed by atoms with van der Waals surface area (Å²) in [4.78, 5) is 17.6. The molecular weight excluding hydrogens is 346 g/mol. The molecule has 0 aliphatic heterocycles. The lowest BCUT2D eigenvalue weighted by Gasteiger charge is -2.10. The van der Waals surface area contributed by atoms with Gasteiger partial charge in [0.2, 0.25) is 0 Å². The number of rotatable bonds is 3. The average molecular weight is 359 g/mol. The van der Waals surface area contributed by atoms with E-state index < -0.39 is 0 Å². The van der Waals surface area contributed by atoms with Gasteiger partial charge in [-0.15, -0.1) is 11.3 Å². The molecule has 26 heavy (non-hydrogen) atoms. The lowest BCUT2D eigenvalue weighted by atomic mass is 10.1. The molecule has 0 radical (unpaired) electrons. The maximum atomic E-state index is 12.4. The van der Waals surface area contributed by atoms with E-state index in [1.165, 1.54) is 22.2 Å². The van der Waals surface area contributed by atoms with Crippen molar-refractivity contribution in [3.05, 3.63) is 70.0 Å². The Morgan fingerprint density at radius 3 is 2.88 bits per heavy atom. The minimum absolute atomic E-state index is 0.280. The SMILES string of the molecule is Cc1cc(-n2ncc(C#N)c2NC(=O)c2cccs2)nc2ccccc12. The van der Waals surface area contributed by atoms with Gasteiger partial charge in [-0.05, 0) is 36.1 Å². The Morgan fingerprint density at radius 2 is 2.12 bits per heavy atom. The first-order valence-corrected chi connectivity index (χ1v) is 8.75. The van der Waals surface area contributed by atoms with Crippen LogP contribution in [0.25, 0.3) is 16.7 Å². The molecule has 1 amide bonds. The Morgan fingerprint density at radius 1 is 1.27 bits per heavy atom. The Balaban J connectivity index is 1.82. The van der Waals surface area contributed by atoms with Crippen LogP contribution in [0.4, 0.5) is 5.82 Å². The molecule has 1 N–H and O–H groups in total. The minimum atomic E-state index is -0.282. The number of hydrogen-bond donors (Lipinski definition) is 1. The van der Waals surface area contributed by atoms with Gasteiger partial charge in [-0.1, -0.05) is 24.3 Å². The van der Waals surface area contributed by atoms with Gasteiger partial charge in [0.1, 0.15) is 11.6 Å². The quantitative estimate of drug-likeness (QED) is 0.601. The van der Waals surface area contributed by atoms with Gasteiger partial charge in [0, 0.05) is 5.39 Å². The molecule has 3 heterocycles. The number of aryl methyl sites for hydroxylation is 1. The number of pyridine rings is 1. The second-order valence-corrected chi connectivity index (χ2v) is 6.62. The van der Waals surface area contributed by atoms with E-state index in [4.69, 9.17) is 0 Å². The highest BCUT2D eigenvalue weighted by atomic mass is 32.1. The van der Waals surface area contributed by atoms with Gasteiger partial charge < -0.3 is 5.32 Å². The molecule has 3 aromatic heterocycles. The number of nitriles is 1. The Kier molecular flexibility index (Phi) is 3.95. The number of hydrogen-bond acceptors (Lipinski definition) is 5. The lowest BCUT2D eigenvalue weighted by molar-refractivity contribution is 0.103. The molecule has 1 aromatic carbocycles. The summed E-state index contributed by atoms with van der Waals surface area (Å²) < 4.78 is 1.49. The molecule has 0 unspecified atom stereocenters. The molecule has 0 saturated heterocycles. The van der Waals surface area contributed by atoms with E-state index in [1.807, 2.05) is 42.6 Å². The van der Waals surface area contributed by atoms with Crippen molar-refractivity contribution < 1.29 is 4.79 Å². The molecular formula is C19H13N5OS. The number of fused-ring (bicyclic) bond motifs is 1. The number of aromatic nitrogens is 3. The second kappa shape index (κ2) is 6.43. The van der Waals surface area contributed by atoms with E-state index in [0.29, 0.717) is 16.5 Å². The number of anilines is 1. The summed E-state index contributed by atoms with van der Waals surface area (Å²) in [6, 6.07) is 15.3. The van der Waals surface area contributed by atoms with Gasteiger partial charge in [-0.25, -0.2) is 4.98 Å². The van der Waals surface area contributed by atoms with Crippen molar-refractivity contribution in [2.24, 2.45) is 0 Å². The van der Waals surface area contributed by atoms with Crippen molar-refractivity contribution in [1.29, 1.82) is 5.26 Å². The van der Waals surface area contributed by atoms with Gasteiger partial charge in [0.05, 0.1) is 16.6 Å². The first kappa shape index (κ1) is 16.0. The molecule has 4 rings (SSSR count). The molecule has 0 fully saturated rings. The first-order valence-electron chi connectivity index (χ1n) is 7.87. The summed E-state index contributed by atoms with van der Waals surface area (Å²) in [5, 5.41) is 19.3. The zero-order valence-electron chi connectivity index (χ0n) is 13.8. The maximum absolute atomic E-state index is 12.4. The number of nitrogens with one attached hydrogen (secondary N) is 1. The monoisotopic (exact) mass is 359 g/mol. The predicted octanol–water partition coefficient (Wildman–Crippen LogP) is 3.91. The zero-order chi connectivity index (χ0) is 18.1. The van der Waals surface area contributed by atoms with E-state index in [9.17, 15) is 10.1 Å². The number of carbonyl (C=O) groups excluding carboxylic acids is 1. The molecule has 6 nitrogen and oxygen atoms in total. The first-order chi connectivity index (χ1) is 12.7. The zero-order valence-corrected chi connectivity index (χ0v) is 14.6. The highest BCUT2D eigenvalue weighted by molar-refractivity contribution is 7.12. The lowest BCUT2D eigenvalue weighted by Crippen LogP contribution is -2.15. The number of para-hydroxylation sites is 1. The molecule has 0 aliphatic carbocycles. The van der Waals surface area contributed by atoms with Crippen LogP contribution in [0.15, 0.2) is 54.0 Å². The Labute approximate surface area is 153 Å². The van der Waals surface area contributed by atoms with E-state index in [2.05, 4.69) is 21.5 Å². The van der Waals surface area contributed by atoms with Crippen molar-refractivity contribution in [2.75, 3.05) is 5.32 Å². The number of amides is 1. The number of carbonyl (C=O) groups is 1. The predicted molar refractivity (Wildman–Crippen MR) is 101 cm³/mol. The summed E-state index contributed by atoms with van der Waals surface area (Å²) in [5.74, 6) is 0.577. The van der Waals surface area contributed by atoms with Gasteiger partial charge in [-0.2, -0.15) is 15.0 Å². The molecule has 4 aromatic rings. The van der Waals surface area contributed by atoms with Crippen molar-refractivity contribution in [3.8, 4) is 11.9 Å². The van der Waals surface area contributed by atoms with E-state index in [0.717, 1.165) is 16.5 Å². The van der Waals surface area contributed by atoms with Crippen LogP contribution in [0.2, 0.25) is 0 Å². The van der Waals surface area contributed by atoms with Gasteiger partial charge in [0.15, 0.2) is 11.6 Å². The Hall–Kier alpha value is -3.50. The summed E-state index contributed by atoms with van der Waals surface area (Å²) in [6.07, 6.45) is 1.43. The van der Waals surface area contributed by atoms with Crippen molar-refractivity contribution in [1.82, 2.24) is 14.8 Å². The van der Waals surface area contributed by atoms with Crippen molar-refractivity contribution in [2.45, 2.75) is 6.92 Å². The molecule has 0 aliphatic rings. The average Bonchev–Trinajstić information content (AvgIpc) is 3.31. The summed E-state index contributed by atoms with van der Waals surface area (Å²) in [5.41, 5.74) is 2.14. The third-order valence-electron chi connectivity index (χ3n) is 3.99. The van der Waals surface area contributed by atoms with Crippen LogP contribution in [0.5, 0.6) is 0 Å². The fraction of sp³-hybridized carbons (Fsp3) is 0.0526. The van der Waals surface area contributed by atoms with Gasteiger partial charge in [-0.3, -0.25) is 4.79 Å². The molecule has 0 atom stereocenters. The highest BCUT2D eigenvalue weighted by Crippen LogP contribution is 2.24. The van der Waals surface area contributed by atoms with Crippen LogP contribution in [0, 0.1) is 18.3 Å². The number of nitrogens with zero attached hydrogens (tertiary/aromatic N) is 4. The smallest absolute Gasteiger partial charge is 0.266 e. The highest BCUT2D eigenvalue weighted by Gasteiger charge is 2.18. The number of thiophene rings is 1. The third kappa shape index (κ3) is 2.72. The molecule has 0 saturated carbocycles. The summed E-state index contributed by atoms with van der Waals surface area (Å²) >= 11 is 1.33. The normalized spacial score (nSPS) is 10.6. The standard InChI is InChI=1S/C19H13N5OS/c1-12-9-17(22-15-6-3-2-5-14(12)15)24-18(13(10-20)11-21-24)23-19(25)16-7-4-8-26-16/h2-9,11H,1H3,(H,23,25). The topological polar surface area (TPSA) is 83.6 Å². The van der Waals surface area contributed by atoms with E-state index in [-0.39, 0.29) is 11.5 Å². The fourth-order valence-corrected chi connectivity index (χ4v) is 3.36. The Bertz CT molecular complexity index is 1150. The van der Waals surface area contributed by atoms with Crippen LogP contribution in [-0.4, -0.2) is 20.7 Å². The molecule has 0 spiro atoms. The van der Waals surface area contributed by atoms with Crippen molar-refractivity contribution in [3.63, 3.8) is 0 Å². The van der Waals surface area contributed by atoms with Crippen molar-refractivity contribution >= 4 is 34.0 Å². The number of benzene rings is 1. The van der Waals surface area contributed by atoms with E-state index >= 15 is 0 Å². The largest absolute Gasteiger partial charge is 0.305 e. The summed E-state index contributed by atoms with van der Waals surface area (Å²) in [7, 11) is 0. The van der Waals surface area contributed by atoms with Crippen LogP contribution in [0.3, 0.4) is 0 Å². The van der Waals surface area contributed by atoms with Crippen LogP contribution in [0.1, 0.15) is 20.8 Å². The second-order valence-electron chi connectivity index (χ2n) is 5.68. The molecule has 0 bridgehead atoms. The van der Waals surface area contributed by atoms with Crippen LogP contribution >= 0.6 is 11.3 Å². The van der Waals surface area contributed by atoms with E-state index in [1.54, 1.807) is 12.1 Å². The van der Waals surface area contributed by atoms with Gasteiger partial charge in [0.25, 0.3) is 5.91 Å². The summed E-state index contributed by atoms with van der Waals surface area (Å²) in [6.45, 7) is 1.99. The van der Waals surface area contributed by atoms with Crippen LogP contribution in [-0.2, 0) is 0 Å². The fourth-order valence-electron chi connectivity index (χ4n) is 2.74. The van der Waals surface area contributed by atoms with Gasteiger partial charge >= 0.3 is 0 Å². The maximum Gasteiger partial charge on any atom is 0.266 e. The molecule has 126 valence electrons.